The van der Waals surface area contributed by atoms with Gasteiger partial charge in [-0.05, 0) is 24.1 Å². The van der Waals surface area contributed by atoms with Crippen molar-refractivity contribution in [1.29, 1.82) is 0 Å². The minimum Gasteiger partial charge on any atom is -1.00 e. The summed E-state index contributed by atoms with van der Waals surface area (Å²) < 4.78 is 27.8. The van der Waals surface area contributed by atoms with Gasteiger partial charge in [0, 0.05) is 0 Å². The molecule has 17 heavy (non-hydrogen) atoms. The van der Waals surface area contributed by atoms with Gasteiger partial charge in [-0.3, -0.25) is 4.18 Å². The van der Waals surface area contributed by atoms with Gasteiger partial charge >= 0.3 is 29.6 Å². The molecule has 0 aliphatic heterocycles. The minimum atomic E-state index is -3.65. The zero-order valence-electron chi connectivity index (χ0n) is 10.9. The van der Waals surface area contributed by atoms with E-state index in [4.69, 9.17) is 4.18 Å². The van der Waals surface area contributed by atoms with E-state index in [2.05, 4.69) is 13.2 Å². The fourth-order valence-electron chi connectivity index (χ4n) is 1.16. The SMILES string of the molecule is C=CCOS(=O)(=O)c1ccc(CC=C)cc1.[H-].[Na+]. The first-order valence-corrected chi connectivity index (χ1v) is 6.21. The van der Waals surface area contributed by atoms with Crippen LogP contribution >= 0.6 is 0 Å². The predicted octanol–water partition coefficient (Wildman–Crippen LogP) is -0.577. The fourth-order valence-corrected chi connectivity index (χ4v) is 2.05. The average molecular weight is 262 g/mol. The molecule has 0 spiro atoms. The standard InChI is InChI=1S/C12H14O3S.Na.H/c1-3-5-11-6-8-12(9-7-11)16(13,14)15-10-4-2;;/h3-4,6-9H,1-2,5,10H2;;/q;+1;-1. The third-order valence-electron chi connectivity index (χ3n) is 1.93. The molecule has 1 aromatic carbocycles. The monoisotopic (exact) mass is 262 g/mol. The van der Waals surface area contributed by atoms with Crippen molar-refractivity contribution >= 4 is 10.1 Å². The van der Waals surface area contributed by atoms with Crippen LogP contribution < -0.4 is 29.6 Å². The molecular weight excluding hydrogens is 247 g/mol. The molecule has 0 saturated carbocycles. The molecule has 0 aliphatic rings. The summed E-state index contributed by atoms with van der Waals surface area (Å²) in [5.41, 5.74) is 1.01. The van der Waals surface area contributed by atoms with E-state index >= 15 is 0 Å². The van der Waals surface area contributed by atoms with E-state index in [1.54, 1.807) is 18.2 Å². The van der Waals surface area contributed by atoms with Crippen molar-refractivity contribution in [3.63, 3.8) is 0 Å². The van der Waals surface area contributed by atoms with E-state index in [9.17, 15) is 8.42 Å². The van der Waals surface area contributed by atoms with Crippen LogP contribution in [0.2, 0.25) is 0 Å². The molecule has 0 aromatic heterocycles. The fraction of sp³-hybridized carbons (Fsp3) is 0.167. The maximum atomic E-state index is 11.6. The summed E-state index contributed by atoms with van der Waals surface area (Å²) in [6.45, 7) is 6.99. The van der Waals surface area contributed by atoms with Crippen molar-refractivity contribution in [2.24, 2.45) is 0 Å². The molecule has 0 amide bonds. The van der Waals surface area contributed by atoms with Crippen LogP contribution in [0.1, 0.15) is 6.99 Å². The van der Waals surface area contributed by atoms with Gasteiger partial charge in [-0.15, -0.1) is 13.2 Å². The Kier molecular flexibility index (Phi) is 7.66. The van der Waals surface area contributed by atoms with Crippen molar-refractivity contribution < 1.29 is 43.6 Å². The number of rotatable bonds is 6. The second kappa shape index (κ2) is 7.84. The van der Waals surface area contributed by atoms with Gasteiger partial charge in [0.25, 0.3) is 10.1 Å². The van der Waals surface area contributed by atoms with Crippen LogP contribution in [-0.4, -0.2) is 15.0 Å². The summed E-state index contributed by atoms with van der Waals surface area (Å²) in [5.74, 6) is 0. The molecule has 1 rings (SSSR count). The van der Waals surface area contributed by atoms with Crippen molar-refractivity contribution in [3.8, 4) is 0 Å². The Morgan fingerprint density at radius 2 is 1.76 bits per heavy atom. The van der Waals surface area contributed by atoms with E-state index in [-0.39, 0.29) is 42.5 Å². The Bertz CT molecular complexity index is 469. The first-order chi connectivity index (χ1) is 7.60. The van der Waals surface area contributed by atoms with Crippen LogP contribution in [0, 0.1) is 0 Å². The summed E-state index contributed by atoms with van der Waals surface area (Å²) >= 11 is 0. The normalized spacial score (nSPS) is 10.4. The molecule has 0 aliphatic carbocycles. The summed E-state index contributed by atoms with van der Waals surface area (Å²) in [6.07, 6.45) is 3.87. The van der Waals surface area contributed by atoms with Crippen molar-refractivity contribution in [2.45, 2.75) is 11.3 Å². The van der Waals surface area contributed by atoms with Crippen LogP contribution in [0.4, 0.5) is 0 Å². The molecular formula is C12H15NaO3S. The van der Waals surface area contributed by atoms with Gasteiger partial charge in [-0.1, -0.05) is 24.3 Å². The zero-order valence-corrected chi connectivity index (χ0v) is 12.7. The topological polar surface area (TPSA) is 43.4 Å². The Morgan fingerprint density at radius 1 is 1.18 bits per heavy atom. The number of allylic oxidation sites excluding steroid dienone is 1. The Labute approximate surface area is 126 Å². The Hall–Kier alpha value is -0.390. The number of benzene rings is 1. The van der Waals surface area contributed by atoms with Crippen molar-refractivity contribution in [2.75, 3.05) is 6.61 Å². The van der Waals surface area contributed by atoms with E-state index in [0.717, 1.165) is 5.56 Å². The summed E-state index contributed by atoms with van der Waals surface area (Å²) in [7, 11) is -3.65. The molecule has 88 valence electrons. The third kappa shape index (κ3) is 5.19. The first kappa shape index (κ1) is 16.6. The van der Waals surface area contributed by atoms with Gasteiger partial charge in [0.05, 0.1) is 11.5 Å². The second-order valence-electron chi connectivity index (χ2n) is 3.16. The molecule has 0 radical (unpaired) electrons. The van der Waals surface area contributed by atoms with Crippen molar-refractivity contribution in [1.82, 2.24) is 0 Å². The molecule has 0 unspecified atom stereocenters. The average Bonchev–Trinajstić information content (AvgIpc) is 2.28. The zero-order chi connectivity index (χ0) is 12.0. The van der Waals surface area contributed by atoms with Crippen LogP contribution in [-0.2, 0) is 20.7 Å². The molecule has 0 N–H and O–H groups in total. The maximum Gasteiger partial charge on any atom is 1.00 e. The molecule has 0 heterocycles. The number of hydrogen-bond acceptors (Lipinski definition) is 3. The summed E-state index contributed by atoms with van der Waals surface area (Å²) in [4.78, 5) is 0.155. The maximum absolute atomic E-state index is 11.6. The summed E-state index contributed by atoms with van der Waals surface area (Å²) in [5, 5.41) is 0. The van der Waals surface area contributed by atoms with Gasteiger partial charge in [-0.2, -0.15) is 8.42 Å². The number of hydrogen-bond donors (Lipinski definition) is 0. The van der Waals surface area contributed by atoms with E-state index in [0.29, 0.717) is 6.42 Å². The molecule has 1 aromatic rings. The van der Waals surface area contributed by atoms with E-state index < -0.39 is 10.1 Å². The van der Waals surface area contributed by atoms with Crippen LogP contribution in [0.25, 0.3) is 0 Å². The minimum absolute atomic E-state index is 0. The van der Waals surface area contributed by atoms with Crippen LogP contribution in [0.15, 0.2) is 54.5 Å². The Balaban J connectivity index is 0. The third-order valence-corrected chi connectivity index (χ3v) is 3.23. The largest absolute Gasteiger partial charge is 1.00 e. The molecule has 0 saturated heterocycles. The van der Waals surface area contributed by atoms with Crippen molar-refractivity contribution in [3.05, 3.63) is 55.1 Å². The van der Waals surface area contributed by atoms with Gasteiger partial charge in [0.1, 0.15) is 0 Å². The molecule has 0 atom stereocenters. The van der Waals surface area contributed by atoms with E-state index in [1.165, 1.54) is 18.2 Å². The van der Waals surface area contributed by atoms with Gasteiger partial charge in [0.15, 0.2) is 0 Å². The van der Waals surface area contributed by atoms with Gasteiger partial charge in [-0.25, -0.2) is 0 Å². The van der Waals surface area contributed by atoms with E-state index in [1.807, 2.05) is 0 Å². The quantitative estimate of drug-likeness (QED) is 0.391. The first-order valence-electron chi connectivity index (χ1n) is 4.80. The molecule has 5 heteroatoms. The van der Waals surface area contributed by atoms with Gasteiger partial charge < -0.3 is 1.43 Å². The van der Waals surface area contributed by atoms with Crippen LogP contribution in [0.3, 0.4) is 0 Å². The summed E-state index contributed by atoms with van der Waals surface area (Å²) in [6, 6.07) is 6.53. The predicted molar refractivity (Wildman–Crippen MR) is 64.8 cm³/mol. The van der Waals surface area contributed by atoms with Gasteiger partial charge in [0.2, 0.25) is 0 Å². The Morgan fingerprint density at radius 3 is 2.24 bits per heavy atom. The second-order valence-corrected chi connectivity index (χ2v) is 4.78. The smallest absolute Gasteiger partial charge is 1.00 e. The molecule has 0 bridgehead atoms. The molecule has 3 nitrogen and oxygen atoms in total. The van der Waals surface area contributed by atoms with Crippen LogP contribution in [0.5, 0.6) is 0 Å². The molecule has 0 fully saturated rings.